The van der Waals surface area contributed by atoms with E-state index in [4.69, 9.17) is 4.74 Å². The highest BCUT2D eigenvalue weighted by molar-refractivity contribution is 5.88. The highest BCUT2D eigenvalue weighted by atomic mass is 16.5. The van der Waals surface area contributed by atoms with E-state index < -0.39 is 0 Å². The van der Waals surface area contributed by atoms with Gasteiger partial charge in [0.15, 0.2) is 0 Å². The van der Waals surface area contributed by atoms with E-state index in [-0.39, 0.29) is 11.4 Å². The Labute approximate surface area is 125 Å². The first kappa shape index (κ1) is 13.9. The molecule has 1 N–H and O–H groups in total. The maximum Gasteiger partial charge on any atom is 0.220 e. The average Bonchev–Trinajstić information content (AvgIpc) is 2.89. The molecular formula is C18H21NO2. The minimum absolute atomic E-state index is 0.130. The number of benzene rings is 2. The summed E-state index contributed by atoms with van der Waals surface area (Å²) < 4.78 is 5.57. The molecule has 1 unspecified atom stereocenters. The summed E-state index contributed by atoms with van der Waals surface area (Å²) >= 11 is 0. The number of carbonyl (C=O) groups is 1. The van der Waals surface area contributed by atoms with Crippen LogP contribution in [-0.2, 0) is 11.2 Å². The molecule has 0 saturated carbocycles. The smallest absolute Gasteiger partial charge is 0.220 e. The van der Waals surface area contributed by atoms with Gasteiger partial charge in [0.25, 0.3) is 0 Å². The number of methoxy groups -OCH3 is 1. The molecular weight excluding hydrogens is 262 g/mol. The van der Waals surface area contributed by atoms with Crippen LogP contribution in [0.15, 0.2) is 36.4 Å². The molecule has 1 heterocycles. The first-order valence-electron chi connectivity index (χ1n) is 7.53. The minimum atomic E-state index is -0.130. The number of hydrogen-bond acceptors (Lipinski definition) is 2. The molecule has 1 saturated heterocycles. The van der Waals surface area contributed by atoms with Gasteiger partial charge >= 0.3 is 0 Å². The van der Waals surface area contributed by atoms with Crippen molar-refractivity contribution in [3.05, 3.63) is 42.0 Å². The summed E-state index contributed by atoms with van der Waals surface area (Å²) in [5, 5.41) is 5.61. The van der Waals surface area contributed by atoms with Crippen LogP contribution in [-0.4, -0.2) is 18.6 Å². The van der Waals surface area contributed by atoms with Gasteiger partial charge in [-0.2, -0.15) is 0 Å². The third-order valence-electron chi connectivity index (χ3n) is 4.64. The van der Waals surface area contributed by atoms with Gasteiger partial charge < -0.3 is 10.1 Å². The summed E-state index contributed by atoms with van der Waals surface area (Å²) in [5.74, 6) is 1.07. The summed E-state index contributed by atoms with van der Waals surface area (Å²) in [6.45, 7) is 2.14. The molecule has 1 fully saturated rings. The van der Waals surface area contributed by atoms with Gasteiger partial charge in [0.2, 0.25) is 5.91 Å². The summed E-state index contributed by atoms with van der Waals surface area (Å²) in [6.07, 6.45) is 3.28. The molecule has 3 heteroatoms. The van der Waals surface area contributed by atoms with Crippen molar-refractivity contribution >= 4 is 16.7 Å². The third kappa shape index (κ3) is 2.48. The van der Waals surface area contributed by atoms with Crippen molar-refractivity contribution in [2.45, 2.75) is 38.1 Å². The van der Waals surface area contributed by atoms with Gasteiger partial charge in [-0.05, 0) is 36.1 Å². The number of nitrogens with one attached hydrogen (secondary N) is 1. The Morgan fingerprint density at radius 2 is 2.05 bits per heavy atom. The first-order chi connectivity index (χ1) is 10.2. The van der Waals surface area contributed by atoms with Crippen molar-refractivity contribution in [1.82, 2.24) is 5.32 Å². The molecule has 0 spiro atoms. The summed E-state index contributed by atoms with van der Waals surface area (Å²) in [5.41, 5.74) is 1.06. The van der Waals surface area contributed by atoms with E-state index >= 15 is 0 Å². The second-order valence-corrected chi connectivity index (χ2v) is 5.83. The van der Waals surface area contributed by atoms with Crippen molar-refractivity contribution in [3.8, 4) is 5.75 Å². The molecule has 0 aromatic heterocycles. The molecule has 1 atom stereocenters. The Bertz CT molecular complexity index is 680. The van der Waals surface area contributed by atoms with Crippen LogP contribution >= 0.6 is 0 Å². The predicted octanol–water partition coefficient (Wildman–Crippen LogP) is 3.45. The fourth-order valence-electron chi connectivity index (χ4n) is 3.32. The third-order valence-corrected chi connectivity index (χ3v) is 4.64. The molecule has 2 aromatic carbocycles. The topological polar surface area (TPSA) is 38.3 Å². The fourth-order valence-corrected chi connectivity index (χ4v) is 3.32. The Balaban J connectivity index is 2.08. The molecule has 110 valence electrons. The largest absolute Gasteiger partial charge is 0.496 e. The minimum Gasteiger partial charge on any atom is -0.496 e. The second-order valence-electron chi connectivity index (χ2n) is 5.83. The van der Waals surface area contributed by atoms with Gasteiger partial charge in [-0.25, -0.2) is 0 Å². The van der Waals surface area contributed by atoms with Crippen LogP contribution < -0.4 is 10.1 Å². The van der Waals surface area contributed by atoms with Crippen molar-refractivity contribution < 1.29 is 9.53 Å². The predicted molar refractivity (Wildman–Crippen MR) is 84.6 cm³/mol. The van der Waals surface area contributed by atoms with Gasteiger partial charge in [-0.15, -0.1) is 0 Å². The standard InChI is InChI=1S/C18H21NO2/c1-3-18(11-10-17(20)19-18)12-15-14-7-5-4-6-13(14)8-9-16(15)21-2/h4-9H,3,10-12H2,1-2H3,(H,19,20). The Morgan fingerprint density at radius 1 is 1.24 bits per heavy atom. The zero-order chi connectivity index (χ0) is 14.9. The Morgan fingerprint density at radius 3 is 2.71 bits per heavy atom. The SMILES string of the molecule is CCC1(Cc2c(OC)ccc3ccccc23)CCC(=O)N1. The lowest BCUT2D eigenvalue weighted by atomic mass is 9.85. The number of ether oxygens (including phenoxy) is 1. The molecule has 1 amide bonds. The summed E-state index contributed by atoms with van der Waals surface area (Å²) in [4.78, 5) is 11.7. The number of amides is 1. The number of carbonyl (C=O) groups excluding carboxylic acids is 1. The summed E-state index contributed by atoms with van der Waals surface area (Å²) in [6, 6.07) is 12.5. The van der Waals surface area contributed by atoms with Crippen LogP contribution in [0.4, 0.5) is 0 Å². The number of rotatable bonds is 4. The molecule has 1 aliphatic rings. The van der Waals surface area contributed by atoms with Crippen molar-refractivity contribution in [1.29, 1.82) is 0 Å². The Hall–Kier alpha value is -2.03. The van der Waals surface area contributed by atoms with Gasteiger partial charge in [-0.1, -0.05) is 37.3 Å². The molecule has 21 heavy (non-hydrogen) atoms. The highest BCUT2D eigenvalue weighted by Crippen LogP contribution is 2.35. The van der Waals surface area contributed by atoms with E-state index in [0.29, 0.717) is 6.42 Å². The van der Waals surface area contributed by atoms with Crippen molar-refractivity contribution in [2.75, 3.05) is 7.11 Å². The Kier molecular flexibility index (Phi) is 3.58. The zero-order valence-electron chi connectivity index (χ0n) is 12.6. The van der Waals surface area contributed by atoms with Crippen LogP contribution in [0.25, 0.3) is 10.8 Å². The first-order valence-corrected chi connectivity index (χ1v) is 7.53. The molecule has 2 aromatic rings. The molecule has 1 aliphatic heterocycles. The second kappa shape index (κ2) is 5.40. The van der Waals surface area contributed by atoms with Crippen molar-refractivity contribution in [3.63, 3.8) is 0 Å². The lowest BCUT2D eigenvalue weighted by Gasteiger charge is -2.29. The van der Waals surface area contributed by atoms with Crippen LogP contribution in [0.2, 0.25) is 0 Å². The van der Waals surface area contributed by atoms with Crippen LogP contribution in [0.1, 0.15) is 31.7 Å². The molecule has 0 aliphatic carbocycles. The molecule has 3 nitrogen and oxygen atoms in total. The monoisotopic (exact) mass is 283 g/mol. The lowest BCUT2D eigenvalue weighted by Crippen LogP contribution is -2.43. The maximum absolute atomic E-state index is 11.7. The summed E-state index contributed by atoms with van der Waals surface area (Å²) in [7, 11) is 1.71. The lowest BCUT2D eigenvalue weighted by molar-refractivity contribution is -0.119. The van der Waals surface area contributed by atoms with E-state index in [0.717, 1.165) is 25.0 Å². The molecule has 0 radical (unpaired) electrons. The van der Waals surface area contributed by atoms with E-state index in [2.05, 4.69) is 36.5 Å². The van der Waals surface area contributed by atoms with Gasteiger partial charge in [0.1, 0.15) is 5.75 Å². The normalized spacial score (nSPS) is 21.5. The molecule has 0 bridgehead atoms. The average molecular weight is 283 g/mol. The van der Waals surface area contributed by atoms with E-state index in [1.54, 1.807) is 7.11 Å². The van der Waals surface area contributed by atoms with Crippen LogP contribution in [0.5, 0.6) is 5.75 Å². The highest BCUT2D eigenvalue weighted by Gasteiger charge is 2.37. The number of fused-ring (bicyclic) bond motifs is 1. The quantitative estimate of drug-likeness (QED) is 0.933. The van der Waals surface area contributed by atoms with E-state index in [9.17, 15) is 4.79 Å². The van der Waals surface area contributed by atoms with Gasteiger partial charge in [0.05, 0.1) is 7.11 Å². The van der Waals surface area contributed by atoms with Crippen LogP contribution in [0.3, 0.4) is 0 Å². The maximum atomic E-state index is 11.7. The molecule has 3 rings (SSSR count). The van der Waals surface area contributed by atoms with Crippen LogP contribution in [0, 0.1) is 0 Å². The fraction of sp³-hybridized carbons (Fsp3) is 0.389. The van der Waals surface area contributed by atoms with Gasteiger partial charge in [0, 0.05) is 17.5 Å². The zero-order valence-corrected chi connectivity index (χ0v) is 12.6. The van der Waals surface area contributed by atoms with E-state index in [1.165, 1.54) is 16.3 Å². The van der Waals surface area contributed by atoms with E-state index in [1.807, 2.05) is 12.1 Å². The number of hydrogen-bond donors (Lipinski definition) is 1. The van der Waals surface area contributed by atoms with Crippen molar-refractivity contribution in [2.24, 2.45) is 0 Å². The van der Waals surface area contributed by atoms with Gasteiger partial charge in [-0.3, -0.25) is 4.79 Å².